The molecule has 1 N–H and O–H groups in total. The molecule has 0 aliphatic heterocycles. The Balaban J connectivity index is 1.69. The first-order valence-corrected chi connectivity index (χ1v) is 10.6. The van der Waals surface area contributed by atoms with Gasteiger partial charge in [-0.1, -0.05) is 24.3 Å². The third-order valence-electron chi connectivity index (χ3n) is 4.78. The van der Waals surface area contributed by atoms with Crippen LogP contribution in [-0.4, -0.2) is 16.8 Å². The molecule has 8 heteroatoms. The van der Waals surface area contributed by atoms with Gasteiger partial charge in [-0.3, -0.25) is 4.79 Å². The summed E-state index contributed by atoms with van der Waals surface area (Å²) in [6.45, 7) is 3.93. The number of carbonyl (C=O) groups is 1. The normalized spacial score (nSPS) is 11.5. The molecule has 0 radical (unpaired) electrons. The van der Waals surface area contributed by atoms with Crippen LogP contribution in [0.25, 0.3) is 11.3 Å². The first-order chi connectivity index (χ1) is 14.6. The van der Waals surface area contributed by atoms with Gasteiger partial charge < -0.3 is 14.3 Å². The zero-order valence-corrected chi connectivity index (χ0v) is 17.8. The first kappa shape index (κ1) is 22.8. The van der Waals surface area contributed by atoms with Crippen LogP contribution in [0, 0.1) is 13.8 Å². The maximum atomic E-state index is 12.7. The van der Waals surface area contributed by atoms with Gasteiger partial charge in [-0.05, 0) is 49.2 Å². The molecular formula is C23H21F3O4S. The monoisotopic (exact) mass is 450 g/mol. The van der Waals surface area contributed by atoms with Gasteiger partial charge in [-0.15, -0.1) is 11.8 Å². The number of ether oxygens (including phenoxy) is 1. The van der Waals surface area contributed by atoms with Crippen molar-refractivity contribution in [3.8, 4) is 17.1 Å². The Morgan fingerprint density at radius 2 is 1.81 bits per heavy atom. The summed E-state index contributed by atoms with van der Waals surface area (Å²) in [5.74, 6) is 1.53. The van der Waals surface area contributed by atoms with Crippen LogP contribution in [0.3, 0.4) is 0 Å². The van der Waals surface area contributed by atoms with E-state index in [4.69, 9.17) is 14.3 Å². The first-order valence-electron chi connectivity index (χ1n) is 9.43. The van der Waals surface area contributed by atoms with E-state index in [1.165, 1.54) is 23.9 Å². The van der Waals surface area contributed by atoms with Crippen molar-refractivity contribution in [2.75, 3.05) is 5.75 Å². The van der Waals surface area contributed by atoms with E-state index in [1.807, 2.05) is 25.1 Å². The van der Waals surface area contributed by atoms with E-state index in [-0.39, 0.29) is 12.4 Å². The molecule has 0 atom stereocenters. The zero-order chi connectivity index (χ0) is 22.6. The predicted molar refractivity (Wildman–Crippen MR) is 113 cm³/mol. The fourth-order valence-electron chi connectivity index (χ4n) is 3.01. The lowest BCUT2D eigenvalue weighted by Crippen LogP contribution is -2.03. The number of benzene rings is 2. The number of furan rings is 1. The molecule has 1 heterocycles. The van der Waals surface area contributed by atoms with E-state index >= 15 is 0 Å². The van der Waals surface area contributed by atoms with Gasteiger partial charge in [0.05, 0.1) is 11.3 Å². The quantitative estimate of drug-likeness (QED) is 0.426. The van der Waals surface area contributed by atoms with Crippen LogP contribution in [0.2, 0.25) is 0 Å². The lowest BCUT2D eigenvalue weighted by molar-refractivity contribution is -0.137. The van der Waals surface area contributed by atoms with E-state index < -0.39 is 17.7 Å². The van der Waals surface area contributed by atoms with Crippen molar-refractivity contribution < 1.29 is 32.2 Å². The molecule has 0 saturated carbocycles. The SMILES string of the molecule is Cc1oc(-c2ccc(C(F)(F)F)cc2)cc1COc1cccc(CSCC(=O)O)c1C. The van der Waals surface area contributed by atoms with Gasteiger partial charge in [0, 0.05) is 16.9 Å². The van der Waals surface area contributed by atoms with Crippen LogP contribution in [-0.2, 0) is 23.3 Å². The second-order valence-electron chi connectivity index (χ2n) is 6.98. The number of halogens is 3. The molecule has 3 aromatic rings. The molecule has 1 aromatic heterocycles. The summed E-state index contributed by atoms with van der Waals surface area (Å²) in [5.41, 5.74) is 2.57. The summed E-state index contributed by atoms with van der Waals surface area (Å²) in [7, 11) is 0. The molecule has 0 spiro atoms. The molecule has 0 saturated heterocycles. The van der Waals surface area contributed by atoms with Crippen molar-refractivity contribution in [2.45, 2.75) is 32.4 Å². The fraction of sp³-hybridized carbons (Fsp3) is 0.261. The highest BCUT2D eigenvalue weighted by atomic mass is 32.2. The number of thioether (sulfide) groups is 1. The topological polar surface area (TPSA) is 59.7 Å². The maximum Gasteiger partial charge on any atom is 0.416 e. The van der Waals surface area contributed by atoms with E-state index in [0.29, 0.717) is 28.6 Å². The molecule has 31 heavy (non-hydrogen) atoms. The van der Waals surface area contributed by atoms with Crippen LogP contribution in [0.1, 0.15) is 28.0 Å². The van der Waals surface area contributed by atoms with Crippen molar-refractivity contribution in [1.82, 2.24) is 0 Å². The average Bonchev–Trinajstić information content (AvgIpc) is 3.08. The lowest BCUT2D eigenvalue weighted by Gasteiger charge is -2.12. The number of hydrogen-bond donors (Lipinski definition) is 1. The summed E-state index contributed by atoms with van der Waals surface area (Å²) in [4.78, 5) is 10.7. The van der Waals surface area contributed by atoms with Crippen molar-refractivity contribution >= 4 is 17.7 Å². The van der Waals surface area contributed by atoms with Gasteiger partial charge in [0.15, 0.2) is 0 Å². The van der Waals surface area contributed by atoms with Crippen molar-refractivity contribution in [2.24, 2.45) is 0 Å². The number of alkyl halides is 3. The molecule has 0 amide bonds. The number of aliphatic carboxylic acids is 1. The van der Waals surface area contributed by atoms with Gasteiger partial charge in [0.2, 0.25) is 0 Å². The molecule has 3 rings (SSSR count). The van der Waals surface area contributed by atoms with Crippen LogP contribution in [0.5, 0.6) is 5.75 Å². The van der Waals surface area contributed by atoms with Gasteiger partial charge in [0.25, 0.3) is 0 Å². The number of hydrogen-bond acceptors (Lipinski definition) is 4. The smallest absolute Gasteiger partial charge is 0.416 e. The summed E-state index contributed by atoms with van der Waals surface area (Å²) >= 11 is 1.32. The van der Waals surface area contributed by atoms with Crippen LogP contribution in [0.4, 0.5) is 13.2 Å². The molecular weight excluding hydrogens is 429 g/mol. The lowest BCUT2D eigenvalue weighted by atomic mass is 10.1. The number of carboxylic acids is 1. The van der Waals surface area contributed by atoms with Gasteiger partial charge in [-0.2, -0.15) is 13.2 Å². The minimum Gasteiger partial charge on any atom is -0.488 e. The third kappa shape index (κ3) is 5.85. The van der Waals surface area contributed by atoms with Gasteiger partial charge in [0.1, 0.15) is 23.9 Å². The number of rotatable bonds is 8. The maximum absolute atomic E-state index is 12.7. The largest absolute Gasteiger partial charge is 0.488 e. The Labute approximate surface area is 182 Å². The minimum atomic E-state index is -4.38. The number of carboxylic acid groups (broad SMARTS) is 1. The molecule has 4 nitrogen and oxygen atoms in total. The molecule has 0 bridgehead atoms. The summed E-state index contributed by atoms with van der Waals surface area (Å²) in [6.07, 6.45) is -4.38. The number of aryl methyl sites for hydroxylation is 1. The highest BCUT2D eigenvalue weighted by Gasteiger charge is 2.30. The van der Waals surface area contributed by atoms with E-state index in [2.05, 4.69) is 0 Å². The average molecular weight is 450 g/mol. The second kappa shape index (κ2) is 9.51. The van der Waals surface area contributed by atoms with Crippen molar-refractivity contribution in [1.29, 1.82) is 0 Å². The molecule has 0 unspecified atom stereocenters. The molecule has 0 aliphatic rings. The van der Waals surface area contributed by atoms with Crippen molar-refractivity contribution in [3.63, 3.8) is 0 Å². The summed E-state index contributed by atoms with van der Waals surface area (Å²) < 4.78 is 49.9. The Morgan fingerprint density at radius 1 is 1.10 bits per heavy atom. The highest BCUT2D eigenvalue weighted by Crippen LogP contribution is 2.33. The predicted octanol–water partition coefficient (Wildman–Crippen LogP) is 6.48. The molecule has 0 fully saturated rings. The molecule has 0 aliphatic carbocycles. The Hall–Kier alpha value is -2.87. The van der Waals surface area contributed by atoms with Crippen LogP contribution in [0.15, 0.2) is 52.9 Å². The van der Waals surface area contributed by atoms with E-state index in [9.17, 15) is 18.0 Å². The molecule has 164 valence electrons. The van der Waals surface area contributed by atoms with Crippen LogP contribution < -0.4 is 4.74 Å². The minimum absolute atomic E-state index is 0.0332. The van der Waals surface area contributed by atoms with E-state index in [0.717, 1.165) is 28.8 Å². The van der Waals surface area contributed by atoms with Gasteiger partial charge >= 0.3 is 12.1 Å². The van der Waals surface area contributed by atoms with E-state index in [1.54, 1.807) is 13.0 Å². The van der Waals surface area contributed by atoms with Gasteiger partial charge in [-0.25, -0.2) is 0 Å². The standard InChI is InChI=1S/C23H21F3O4S/c1-14-17(12-31-13-22(27)28)4-3-5-20(14)29-11-18-10-21(30-15(18)2)16-6-8-19(9-7-16)23(24,25)26/h3-10H,11-13H2,1-2H3,(H,27,28). The second-order valence-corrected chi connectivity index (χ2v) is 7.97. The van der Waals surface area contributed by atoms with Crippen LogP contribution >= 0.6 is 11.8 Å². The zero-order valence-electron chi connectivity index (χ0n) is 17.0. The third-order valence-corrected chi connectivity index (χ3v) is 5.75. The summed E-state index contributed by atoms with van der Waals surface area (Å²) in [5, 5.41) is 8.78. The Kier molecular flexibility index (Phi) is 7.00. The highest BCUT2D eigenvalue weighted by molar-refractivity contribution is 7.99. The fourth-order valence-corrected chi connectivity index (χ4v) is 3.81. The Bertz CT molecular complexity index is 1060. The van der Waals surface area contributed by atoms with Crippen molar-refractivity contribution in [3.05, 3.63) is 76.5 Å². The Morgan fingerprint density at radius 3 is 2.45 bits per heavy atom. The molecule has 2 aromatic carbocycles. The summed E-state index contributed by atoms with van der Waals surface area (Å²) in [6, 6.07) is 12.2.